The van der Waals surface area contributed by atoms with Crippen LogP contribution in [-0.4, -0.2) is 28.4 Å². The molecule has 0 saturated carbocycles. The molecule has 0 unspecified atom stereocenters. The molecule has 2 N–H and O–H groups in total. The van der Waals surface area contributed by atoms with Gasteiger partial charge in [-0.3, -0.25) is 0 Å². The third kappa shape index (κ3) is 4.70. The number of alkyl carbamates (subject to hydrolysis) is 1. The molecule has 1 atom stereocenters. The number of thiazole rings is 1. The number of carbonyl (C=O) groups excluding carboxylic acids is 1. The average molecular weight is 258 g/mol. The Bertz CT molecular complexity index is 384. The van der Waals surface area contributed by atoms with E-state index >= 15 is 0 Å². The van der Waals surface area contributed by atoms with Gasteiger partial charge < -0.3 is 15.2 Å². The summed E-state index contributed by atoms with van der Waals surface area (Å²) < 4.78 is 5.11. The van der Waals surface area contributed by atoms with Crippen molar-refractivity contribution in [2.75, 3.05) is 6.61 Å². The van der Waals surface area contributed by atoms with Gasteiger partial charge in [0.2, 0.25) is 0 Å². The molecule has 0 aromatic carbocycles. The minimum Gasteiger partial charge on any atom is -0.444 e. The summed E-state index contributed by atoms with van der Waals surface area (Å²) in [4.78, 5) is 15.8. The van der Waals surface area contributed by atoms with E-state index in [1.54, 1.807) is 20.8 Å². The van der Waals surface area contributed by atoms with Crippen molar-refractivity contribution < 1.29 is 14.6 Å². The van der Waals surface area contributed by atoms with Crippen LogP contribution in [0.5, 0.6) is 0 Å². The zero-order valence-corrected chi connectivity index (χ0v) is 11.3. The highest BCUT2D eigenvalue weighted by Crippen LogP contribution is 2.16. The average Bonchev–Trinajstić information content (AvgIpc) is 2.58. The summed E-state index contributed by atoms with van der Waals surface area (Å²) in [6.45, 7) is 7.02. The molecule has 0 aliphatic heterocycles. The summed E-state index contributed by atoms with van der Waals surface area (Å²) in [5, 5.41) is 14.5. The summed E-state index contributed by atoms with van der Waals surface area (Å²) in [5.41, 5.74) is 0.100. The number of nitrogens with one attached hydrogen (secondary N) is 1. The summed E-state index contributed by atoms with van der Waals surface area (Å²) in [7, 11) is 0. The maximum Gasteiger partial charge on any atom is 0.408 e. The van der Waals surface area contributed by atoms with E-state index in [9.17, 15) is 9.90 Å². The molecule has 0 radical (unpaired) electrons. The molecule has 5 nitrogen and oxygen atoms in total. The molecule has 1 aromatic heterocycles. The van der Waals surface area contributed by atoms with Crippen molar-refractivity contribution >= 4 is 17.4 Å². The van der Waals surface area contributed by atoms with Gasteiger partial charge in [0.1, 0.15) is 5.60 Å². The van der Waals surface area contributed by atoms with Crippen molar-refractivity contribution in [3.05, 3.63) is 16.1 Å². The number of rotatable bonds is 3. The maximum absolute atomic E-state index is 11.5. The number of aliphatic hydroxyl groups excluding tert-OH is 1. The predicted molar refractivity (Wildman–Crippen MR) is 66.0 cm³/mol. The number of aliphatic hydroxyl groups is 1. The lowest BCUT2D eigenvalue weighted by molar-refractivity contribution is 0.0480. The molecular formula is C11H18N2O3S. The Morgan fingerprint density at radius 1 is 1.65 bits per heavy atom. The molecule has 1 aromatic rings. The molecule has 1 amide bonds. The van der Waals surface area contributed by atoms with Gasteiger partial charge in [-0.15, -0.1) is 11.3 Å². The van der Waals surface area contributed by atoms with Gasteiger partial charge in [0, 0.05) is 5.38 Å². The third-order valence-corrected chi connectivity index (χ3v) is 2.66. The molecule has 0 fully saturated rings. The fourth-order valence-corrected chi connectivity index (χ4v) is 1.87. The highest BCUT2D eigenvalue weighted by atomic mass is 32.1. The Kier molecular flexibility index (Phi) is 4.47. The SMILES string of the molecule is Cc1nc([C@H](CO)NC(=O)OC(C)(C)C)cs1. The summed E-state index contributed by atoms with van der Waals surface area (Å²) in [5.74, 6) is 0. The number of aromatic nitrogens is 1. The van der Waals surface area contributed by atoms with Crippen LogP contribution in [0.25, 0.3) is 0 Å². The lowest BCUT2D eigenvalue weighted by Crippen LogP contribution is -2.36. The maximum atomic E-state index is 11.5. The first kappa shape index (κ1) is 13.9. The standard InChI is InChI=1S/C11H18N2O3S/c1-7-12-9(6-17-7)8(5-14)13-10(15)16-11(2,3)4/h6,8,14H,5H2,1-4H3,(H,13,15)/t8-/m0/s1. The van der Waals surface area contributed by atoms with Gasteiger partial charge in [0.05, 0.1) is 23.4 Å². The van der Waals surface area contributed by atoms with Crippen molar-refractivity contribution in [2.45, 2.75) is 39.3 Å². The molecule has 0 saturated heterocycles. The van der Waals surface area contributed by atoms with E-state index < -0.39 is 17.7 Å². The second-order valence-electron chi connectivity index (χ2n) is 4.67. The number of amides is 1. The molecule has 0 spiro atoms. The normalized spacial score (nSPS) is 13.2. The van der Waals surface area contributed by atoms with Gasteiger partial charge in [-0.2, -0.15) is 0 Å². The first-order chi connectivity index (χ1) is 7.81. The first-order valence-corrected chi connectivity index (χ1v) is 6.22. The van der Waals surface area contributed by atoms with Crippen LogP contribution < -0.4 is 5.32 Å². The molecular weight excluding hydrogens is 240 g/mol. The van der Waals surface area contributed by atoms with E-state index in [1.807, 2.05) is 12.3 Å². The minimum atomic E-state index is -0.554. The second-order valence-corrected chi connectivity index (χ2v) is 5.74. The Morgan fingerprint density at radius 2 is 2.29 bits per heavy atom. The quantitative estimate of drug-likeness (QED) is 0.870. The van der Waals surface area contributed by atoms with E-state index in [4.69, 9.17) is 4.74 Å². The first-order valence-electron chi connectivity index (χ1n) is 5.34. The van der Waals surface area contributed by atoms with Crippen LogP contribution in [0, 0.1) is 6.92 Å². The number of hydrogen-bond donors (Lipinski definition) is 2. The molecule has 0 aliphatic rings. The van der Waals surface area contributed by atoms with Crippen LogP contribution in [-0.2, 0) is 4.74 Å². The van der Waals surface area contributed by atoms with Gasteiger partial charge >= 0.3 is 6.09 Å². The van der Waals surface area contributed by atoms with Crippen molar-refractivity contribution in [1.82, 2.24) is 10.3 Å². The lowest BCUT2D eigenvalue weighted by atomic mass is 10.2. The van der Waals surface area contributed by atoms with Gasteiger partial charge in [-0.25, -0.2) is 9.78 Å². The highest BCUT2D eigenvalue weighted by molar-refractivity contribution is 7.09. The molecule has 17 heavy (non-hydrogen) atoms. The molecule has 96 valence electrons. The number of nitrogens with zero attached hydrogens (tertiary/aromatic N) is 1. The van der Waals surface area contributed by atoms with Crippen molar-refractivity contribution in [2.24, 2.45) is 0 Å². The molecule has 6 heteroatoms. The second kappa shape index (κ2) is 5.46. The molecule has 1 heterocycles. The number of carbonyl (C=O) groups is 1. The largest absolute Gasteiger partial charge is 0.444 e. The van der Waals surface area contributed by atoms with Crippen LogP contribution >= 0.6 is 11.3 Å². The molecule has 0 aliphatic carbocycles. The zero-order valence-electron chi connectivity index (χ0n) is 10.5. The number of aryl methyl sites for hydroxylation is 1. The minimum absolute atomic E-state index is 0.206. The van der Waals surface area contributed by atoms with Crippen molar-refractivity contribution in [3.63, 3.8) is 0 Å². The highest BCUT2D eigenvalue weighted by Gasteiger charge is 2.21. The van der Waals surface area contributed by atoms with Crippen LogP contribution in [0.3, 0.4) is 0 Å². The van der Waals surface area contributed by atoms with Gasteiger partial charge in [0.25, 0.3) is 0 Å². The number of ether oxygens (including phenoxy) is 1. The Balaban J connectivity index is 2.62. The van der Waals surface area contributed by atoms with Crippen LogP contribution in [0.4, 0.5) is 4.79 Å². The number of hydrogen-bond acceptors (Lipinski definition) is 5. The van der Waals surface area contributed by atoms with Gasteiger partial charge in [-0.05, 0) is 27.7 Å². The van der Waals surface area contributed by atoms with E-state index in [0.717, 1.165) is 5.01 Å². The summed E-state index contributed by atoms with van der Waals surface area (Å²) >= 11 is 1.47. The summed E-state index contributed by atoms with van der Waals surface area (Å²) in [6, 6.07) is -0.519. The van der Waals surface area contributed by atoms with Crippen LogP contribution in [0.2, 0.25) is 0 Å². The Hall–Kier alpha value is -1.14. The van der Waals surface area contributed by atoms with Crippen molar-refractivity contribution in [3.8, 4) is 0 Å². The van der Waals surface area contributed by atoms with E-state index in [-0.39, 0.29) is 6.61 Å². The summed E-state index contributed by atoms with van der Waals surface area (Å²) in [6.07, 6.45) is -0.554. The smallest absolute Gasteiger partial charge is 0.408 e. The van der Waals surface area contributed by atoms with Crippen LogP contribution in [0.15, 0.2) is 5.38 Å². The Morgan fingerprint density at radius 3 is 2.71 bits per heavy atom. The third-order valence-electron chi connectivity index (χ3n) is 1.87. The fourth-order valence-electron chi connectivity index (χ4n) is 1.20. The molecule has 1 rings (SSSR count). The Labute approximate surface area is 105 Å². The predicted octanol–water partition coefficient (Wildman–Crippen LogP) is 2.01. The van der Waals surface area contributed by atoms with Gasteiger partial charge in [-0.1, -0.05) is 0 Å². The lowest BCUT2D eigenvalue weighted by Gasteiger charge is -2.22. The van der Waals surface area contributed by atoms with E-state index in [1.165, 1.54) is 11.3 Å². The zero-order chi connectivity index (χ0) is 13.1. The van der Waals surface area contributed by atoms with E-state index in [0.29, 0.717) is 5.69 Å². The van der Waals surface area contributed by atoms with Crippen LogP contribution in [0.1, 0.15) is 37.5 Å². The van der Waals surface area contributed by atoms with Gasteiger partial charge in [0.15, 0.2) is 0 Å². The van der Waals surface area contributed by atoms with E-state index in [2.05, 4.69) is 10.3 Å². The fraction of sp³-hybridized carbons (Fsp3) is 0.636. The monoisotopic (exact) mass is 258 g/mol. The van der Waals surface area contributed by atoms with Crippen molar-refractivity contribution in [1.29, 1.82) is 0 Å². The topological polar surface area (TPSA) is 71.5 Å². The molecule has 0 bridgehead atoms.